The first-order valence-electron chi connectivity index (χ1n) is 12.8. The van der Waals surface area contributed by atoms with Gasteiger partial charge in [-0.25, -0.2) is 0 Å². The fourth-order valence-corrected chi connectivity index (χ4v) is 4.17. The van der Waals surface area contributed by atoms with Gasteiger partial charge in [0.15, 0.2) is 0 Å². The van der Waals surface area contributed by atoms with Crippen LogP contribution in [0.15, 0.2) is 24.3 Å². The lowest BCUT2D eigenvalue weighted by atomic mass is 9.88. The highest BCUT2D eigenvalue weighted by Gasteiger charge is 2.22. The van der Waals surface area contributed by atoms with Crippen molar-refractivity contribution in [3.05, 3.63) is 57.6 Å². The Bertz CT molecular complexity index is 789. The zero-order valence-electron chi connectivity index (χ0n) is 23.2. The summed E-state index contributed by atoms with van der Waals surface area (Å²) in [6, 6.07) is 9.23. The molecule has 181 valence electrons. The third-order valence-corrected chi connectivity index (χ3v) is 6.49. The lowest BCUT2D eigenvalue weighted by Gasteiger charge is -2.25. The van der Waals surface area contributed by atoms with Gasteiger partial charge in [0.2, 0.25) is 0 Å². The zero-order chi connectivity index (χ0) is 25.0. The van der Waals surface area contributed by atoms with Crippen LogP contribution in [0.2, 0.25) is 0 Å². The second kappa shape index (κ2) is 11.5. The Kier molecular flexibility index (Phi) is 9.53. The van der Waals surface area contributed by atoms with Crippen LogP contribution in [0.1, 0.15) is 152 Å². The van der Waals surface area contributed by atoms with Crippen LogP contribution >= 0.6 is 0 Å². The molecule has 0 fully saturated rings. The van der Waals surface area contributed by atoms with Gasteiger partial charge >= 0.3 is 7.69 Å². The third kappa shape index (κ3) is 6.58. The molecule has 2 rings (SSSR count). The van der Waals surface area contributed by atoms with Crippen LogP contribution in [0.4, 0.5) is 0 Å². The molecule has 0 spiro atoms. The Morgan fingerprint density at radius 2 is 0.667 bits per heavy atom. The van der Waals surface area contributed by atoms with E-state index in [9.17, 15) is 0 Å². The van der Waals surface area contributed by atoms with Gasteiger partial charge in [0.05, 0.1) is 0 Å². The molecule has 2 aromatic rings. The largest absolute Gasteiger partial charge is 0.658 e. The minimum Gasteiger partial charge on any atom is -0.526 e. The van der Waals surface area contributed by atoms with E-state index in [0.29, 0.717) is 35.5 Å². The summed E-state index contributed by atoms with van der Waals surface area (Å²) in [7, 11) is 1.56. The summed E-state index contributed by atoms with van der Waals surface area (Å²) in [6.45, 7) is 26.9. The average molecular weight is 450 g/mol. The fourth-order valence-electron chi connectivity index (χ4n) is 4.17. The minimum absolute atomic E-state index is 0.368. The molecular formula is C30H46BO2. The van der Waals surface area contributed by atoms with E-state index in [1.54, 1.807) is 7.69 Å². The zero-order valence-corrected chi connectivity index (χ0v) is 23.2. The van der Waals surface area contributed by atoms with E-state index >= 15 is 0 Å². The van der Waals surface area contributed by atoms with Crippen LogP contribution in [-0.4, -0.2) is 7.69 Å². The molecule has 0 heterocycles. The molecule has 0 aromatic heterocycles. The maximum atomic E-state index is 6.33. The first kappa shape index (κ1) is 27.4. The number of benzene rings is 2. The van der Waals surface area contributed by atoms with Crippen LogP contribution in [0, 0.1) is 0 Å². The molecule has 0 bridgehead atoms. The predicted molar refractivity (Wildman–Crippen MR) is 144 cm³/mol. The normalized spacial score (nSPS) is 12.1. The molecule has 0 aliphatic carbocycles. The Hall–Kier alpha value is -1.90. The van der Waals surface area contributed by atoms with E-state index < -0.39 is 0 Å². The average Bonchev–Trinajstić information content (AvgIpc) is 2.72. The van der Waals surface area contributed by atoms with Crippen LogP contribution in [0.3, 0.4) is 0 Å². The van der Waals surface area contributed by atoms with Crippen molar-refractivity contribution in [1.82, 2.24) is 0 Å². The molecule has 0 aliphatic rings. The lowest BCUT2D eigenvalue weighted by molar-refractivity contribution is 0.440. The molecule has 0 unspecified atom stereocenters. The van der Waals surface area contributed by atoms with E-state index in [1.165, 1.54) is 33.4 Å². The van der Waals surface area contributed by atoms with Crippen LogP contribution < -0.4 is 9.31 Å². The van der Waals surface area contributed by atoms with Crippen LogP contribution in [0.5, 0.6) is 11.5 Å². The Morgan fingerprint density at radius 3 is 0.848 bits per heavy atom. The Labute approximate surface area is 204 Å². The van der Waals surface area contributed by atoms with Gasteiger partial charge in [-0.2, -0.15) is 0 Å². The molecule has 2 aromatic carbocycles. The summed E-state index contributed by atoms with van der Waals surface area (Å²) < 4.78 is 12.7. The van der Waals surface area contributed by atoms with Crippen molar-refractivity contribution in [2.75, 3.05) is 0 Å². The highest BCUT2D eigenvalue weighted by atomic mass is 16.6. The number of rotatable bonds is 10. The van der Waals surface area contributed by atoms with Crippen molar-refractivity contribution in [3.63, 3.8) is 0 Å². The summed E-state index contributed by atoms with van der Waals surface area (Å²) in [4.78, 5) is 0. The van der Waals surface area contributed by atoms with Gasteiger partial charge in [-0.05, 0) is 68.9 Å². The van der Waals surface area contributed by atoms with Crippen molar-refractivity contribution in [2.24, 2.45) is 0 Å². The van der Waals surface area contributed by atoms with Gasteiger partial charge in [-0.1, -0.05) is 107 Å². The quantitative estimate of drug-likeness (QED) is 0.336. The minimum atomic E-state index is 0.368. The standard InChI is InChI=1S/C30H46BO2/c1-17(2)23-13-25(19(5)6)29(26(14-23)20(7)8)32-31-33-30-27(21(9)10)15-24(18(3)4)16-28(30)22(11)12/h13-22H,1-12H3. The van der Waals surface area contributed by atoms with Gasteiger partial charge in [0.25, 0.3) is 0 Å². The second-order valence-electron chi connectivity index (χ2n) is 11.3. The van der Waals surface area contributed by atoms with Crippen molar-refractivity contribution >= 4 is 7.69 Å². The highest BCUT2D eigenvalue weighted by molar-refractivity contribution is 6.21. The van der Waals surface area contributed by atoms with E-state index in [1.807, 2.05) is 0 Å². The van der Waals surface area contributed by atoms with E-state index in [4.69, 9.17) is 9.31 Å². The predicted octanol–water partition coefficient (Wildman–Crippen LogP) is 9.42. The van der Waals surface area contributed by atoms with Crippen LogP contribution in [-0.2, 0) is 0 Å². The summed E-state index contributed by atoms with van der Waals surface area (Å²) in [6.07, 6.45) is 0. The van der Waals surface area contributed by atoms with Crippen molar-refractivity contribution in [3.8, 4) is 11.5 Å². The monoisotopic (exact) mass is 449 g/mol. The van der Waals surface area contributed by atoms with Crippen LogP contribution in [0.25, 0.3) is 0 Å². The topological polar surface area (TPSA) is 18.5 Å². The molecule has 2 nitrogen and oxygen atoms in total. The van der Waals surface area contributed by atoms with Crippen molar-refractivity contribution in [1.29, 1.82) is 0 Å². The summed E-state index contributed by atoms with van der Waals surface area (Å²) in [5.74, 6) is 4.33. The van der Waals surface area contributed by atoms with Crippen molar-refractivity contribution < 1.29 is 9.31 Å². The van der Waals surface area contributed by atoms with Gasteiger partial charge in [-0.15, -0.1) is 0 Å². The summed E-state index contributed by atoms with van der Waals surface area (Å²) in [5, 5.41) is 0. The maximum absolute atomic E-state index is 6.33. The lowest BCUT2D eigenvalue weighted by Crippen LogP contribution is -2.17. The molecular weight excluding hydrogens is 403 g/mol. The van der Waals surface area contributed by atoms with E-state index in [2.05, 4.69) is 107 Å². The van der Waals surface area contributed by atoms with Gasteiger partial charge in [0.1, 0.15) is 11.5 Å². The maximum Gasteiger partial charge on any atom is 0.658 e. The van der Waals surface area contributed by atoms with Gasteiger partial charge in [0, 0.05) is 0 Å². The molecule has 1 radical (unpaired) electrons. The summed E-state index contributed by atoms with van der Waals surface area (Å²) in [5.41, 5.74) is 7.70. The molecule has 0 atom stereocenters. The molecule has 3 heteroatoms. The van der Waals surface area contributed by atoms with E-state index in [-0.39, 0.29) is 0 Å². The molecule has 0 N–H and O–H groups in total. The Balaban J connectivity index is 2.46. The first-order chi connectivity index (χ1) is 15.3. The van der Waals surface area contributed by atoms with E-state index in [0.717, 1.165) is 11.5 Å². The second-order valence-corrected chi connectivity index (χ2v) is 11.3. The van der Waals surface area contributed by atoms with Crippen molar-refractivity contribution in [2.45, 2.75) is 119 Å². The first-order valence-corrected chi connectivity index (χ1v) is 12.8. The summed E-state index contributed by atoms with van der Waals surface area (Å²) >= 11 is 0. The van der Waals surface area contributed by atoms with Gasteiger partial charge < -0.3 is 9.31 Å². The fraction of sp³-hybridized carbons (Fsp3) is 0.600. The molecule has 0 aliphatic heterocycles. The SMILES string of the molecule is CC(C)c1cc(C(C)C)c(O[B]Oc2c(C(C)C)cc(C(C)C)cc2C(C)C)c(C(C)C)c1. The third-order valence-electron chi connectivity index (χ3n) is 6.49. The molecule has 0 amide bonds. The smallest absolute Gasteiger partial charge is 0.526 e. The highest BCUT2D eigenvalue weighted by Crippen LogP contribution is 2.39. The number of hydrogen-bond donors (Lipinski definition) is 0. The Morgan fingerprint density at radius 1 is 0.424 bits per heavy atom. The number of hydrogen-bond acceptors (Lipinski definition) is 2. The molecule has 0 saturated carbocycles. The van der Waals surface area contributed by atoms with Gasteiger partial charge in [-0.3, -0.25) is 0 Å². The molecule has 33 heavy (non-hydrogen) atoms. The molecule has 0 saturated heterocycles.